The van der Waals surface area contributed by atoms with Crippen molar-refractivity contribution < 1.29 is 13.2 Å². The number of hydrogen-bond acceptors (Lipinski definition) is 3. The molecule has 0 aliphatic carbocycles. The number of halogens is 1. The number of amides is 1. The minimum absolute atomic E-state index is 0.0582. The molecule has 20 heavy (non-hydrogen) atoms. The fraction of sp³-hybridized carbons (Fsp3) is 0.462. The van der Waals surface area contributed by atoms with Crippen molar-refractivity contribution in [3.8, 4) is 0 Å². The summed E-state index contributed by atoms with van der Waals surface area (Å²) in [6.45, 7) is 5.78. The lowest BCUT2D eigenvalue weighted by Gasteiger charge is -2.11. The second-order valence-electron chi connectivity index (χ2n) is 4.67. The van der Waals surface area contributed by atoms with E-state index in [1.165, 1.54) is 6.07 Å². The van der Waals surface area contributed by atoms with Gasteiger partial charge in [-0.25, -0.2) is 13.1 Å². The van der Waals surface area contributed by atoms with Gasteiger partial charge in [0, 0.05) is 17.1 Å². The zero-order chi connectivity index (χ0) is 15.3. The van der Waals surface area contributed by atoms with Gasteiger partial charge in [0.15, 0.2) is 0 Å². The molecule has 0 heterocycles. The van der Waals surface area contributed by atoms with Crippen LogP contribution < -0.4 is 10.0 Å². The minimum Gasteiger partial charge on any atom is -0.354 e. The van der Waals surface area contributed by atoms with Crippen LogP contribution in [0.25, 0.3) is 0 Å². The van der Waals surface area contributed by atoms with E-state index in [9.17, 15) is 13.2 Å². The summed E-state index contributed by atoms with van der Waals surface area (Å²) in [6, 6.07) is 4.95. The first-order valence-corrected chi connectivity index (χ1v) is 8.61. The van der Waals surface area contributed by atoms with Crippen LogP contribution in [-0.4, -0.2) is 26.9 Å². The maximum atomic E-state index is 12.0. The van der Waals surface area contributed by atoms with E-state index in [0.717, 1.165) is 0 Å². The van der Waals surface area contributed by atoms with Crippen LogP contribution in [0, 0.1) is 0 Å². The second kappa shape index (κ2) is 7.19. The molecule has 0 saturated heterocycles. The minimum atomic E-state index is -3.55. The summed E-state index contributed by atoms with van der Waals surface area (Å²) in [7, 11) is -3.55. The highest BCUT2D eigenvalue weighted by Gasteiger charge is 2.17. The van der Waals surface area contributed by atoms with Crippen molar-refractivity contribution in [2.24, 2.45) is 0 Å². The third-order valence-corrected chi connectivity index (χ3v) is 4.97. The molecule has 0 atom stereocenters. The molecule has 0 spiro atoms. The lowest BCUT2D eigenvalue weighted by atomic mass is 10.1. The molecule has 0 fully saturated rings. The van der Waals surface area contributed by atoms with Gasteiger partial charge in [-0.2, -0.15) is 0 Å². The van der Waals surface area contributed by atoms with Crippen molar-refractivity contribution in [1.82, 2.24) is 10.0 Å². The predicted molar refractivity (Wildman–Crippen MR) is 82.0 cm³/mol. The Bertz CT molecular complexity index is 585. The van der Waals surface area contributed by atoms with Crippen LogP contribution in [0.15, 0.2) is 27.6 Å². The van der Waals surface area contributed by atoms with Crippen LogP contribution >= 0.6 is 15.9 Å². The standard InChI is InChI=1S/C13H19BrN2O3S/c1-4-15-20(18,19)12-7-10(5-6-11(12)14)8-13(17)16-9(2)3/h5-7,9,15H,4,8H2,1-3H3,(H,16,17). The van der Waals surface area contributed by atoms with E-state index in [1.54, 1.807) is 19.1 Å². The number of carbonyl (C=O) groups excluding carboxylic acids is 1. The molecule has 0 bridgehead atoms. The summed E-state index contributed by atoms with van der Waals surface area (Å²) < 4.78 is 27.0. The van der Waals surface area contributed by atoms with Gasteiger partial charge < -0.3 is 5.32 Å². The highest BCUT2D eigenvalue weighted by molar-refractivity contribution is 9.10. The third-order valence-electron chi connectivity index (χ3n) is 2.43. The quantitative estimate of drug-likeness (QED) is 0.810. The molecule has 5 nitrogen and oxygen atoms in total. The molecule has 0 aliphatic heterocycles. The molecule has 112 valence electrons. The van der Waals surface area contributed by atoms with E-state index in [0.29, 0.717) is 16.6 Å². The summed E-state index contributed by atoms with van der Waals surface area (Å²) in [5.74, 6) is -0.130. The van der Waals surface area contributed by atoms with Crippen molar-refractivity contribution in [2.45, 2.75) is 38.1 Å². The molecule has 1 rings (SSSR count). The molecule has 1 aromatic rings. The van der Waals surface area contributed by atoms with Gasteiger partial charge in [-0.3, -0.25) is 4.79 Å². The number of hydrogen-bond donors (Lipinski definition) is 2. The Kier molecular flexibility index (Phi) is 6.16. The van der Waals surface area contributed by atoms with Crippen LogP contribution in [0.3, 0.4) is 0 Å². The molecule has 1 amide bonds. The van der Waals surface area contributed by atoms with Crippen LogP contribution in [0.5, 0.6) is 0 Å². The van der Waals surface area contributed by atoms with E-state index in [1.807, 2.05) is 13.8 Å². The lowest BCUT2D eigenvalue weighted by molar-refractivity contribution is -0.120. The van der Waals surface area contributed by atoms with Gasteiger partial charge in [-0.1, -0.05) is 13.0 Å². The molecule has 0 unspecified atom stereocenters. The van der Waals surface area contributed by atoms with Gasteiger partial charge in [0.1, 0.15) is 0 Å². The van der Waals surface area contributed by atoms with Crippen LogP contribution in [0.1, 0.15) is 26.3 Å². The first-order chi connectivity index (χ1) is 9.26. The van der Waals surface area contributed by atoms with Gasteiger partial charge in [0.25, 0.3) is 0 Å². The smallest absolute Gasteiger partial charge is 0.241 e. The number of sulfonamides is 1. The summed E-state index contributed by atoms with van der Waals surface area (Å²) in [5.41, 5.74) is 0.655. The maximum absolute atomic E-state index is 12.0. The van der Waals surface area contributed by atoms with Gasteiger partial charge in [0.2, 0.25) is 15.9 Å². The topological polar surface area (TPSA) is 75.3 Å². The Morgan fingerprint density at radius 1 is 1.35 bits per heavy atom. The first-order valence-electron chi connectivity index (χ1n) is 6.33. The molecule has 0 saturated carbocycles. The molecule has 2 N–H and O–H groups in total. The second-order valence-corrected chi connectivity index (χ2v) is 7.25. The zero-order valence-corrected chi connectivity index (χ0v) is 14.1. The lowest BCUT2D eigenvalue weighted by Crippen LogP contribution is -2.31. The van der Waals surface area contributed by atoms with E-state index < -0.39 is 10.0 Å². The number of nitrogens with one attached hydrogen (secondary N) is 2. The molecule has 1 aromatic carbocycles. The Morgan fingerprint density at radius 2 is 2.00 bits per heavy atom. The Hall–Kier alpha value is -0.920. The Morgan fingerprint density at radius 3 is 2.55 bits per heavy atom. The maximum Gasteiger partial charge on any atom is 0.241 e. The van der Waals surface area contributed by atoms with Crippen molar-refractivity contribution >= 4 is 31.9 Å². The number of benzene rings is 1. The van der Waals surface area contributed by atoms with Crippen molar-refractivity contribution in [1.29, 1.82) is 0 Å². The Balaban J connectivity index is 3.00. The van der Waals surface area contributed by atoms with Gasteiger partial charge in [-0.15, -0.1) is 0 Å². The average molecular weight is 363 g/mol. The Labute approximate surface area is 128 Å². The molecular formula is C13H19BrN2O3S. The SMILES string of the molecule is CCNS(=O)(=O)c1cc(CC(=O)NC(C)C)ccc1Br. The first kappa shape index (κ1) is 17.1. The van der Waals surface area contributed by atoms with Crippen LogP contribution in [0.2, 0.25) is 0 Å². The average Bonchev–Trinajstić information content (AvgIpc) is 2.30. The molecule has 0 radical (unpaired) electrons. The van der Waals surface area contributed by atoms with E-state index >= 15 is 0 Å². The fourth-order valence-electron chi connectivity index (χ4n) is 1.69. The van der Waals surface area contributed by atoms with Gasteiger partial charge in [-0.05, 0) is 47.5 Å². The normalized spacial score (nSPS) is 11.7. The van der Waals surface area contributed by atoms with E-state index in [2.05, 4.69) is 26.0 Å². The highest BCUT2D eigenvalue weighted by Crippen LogP contribution is 2.23. The van der Waals surface area contributed by atoms with Crippen molar-refractivity contribution in [3.05, 3.63) is 28.2 Å². The summed E-state index contributed by atoms with van der Waals surface area (Å²) in [6.07, 6.45) is 0.153. The molecular weight excluding hydrogens is 344 g/mol. The monoisotopic (exact) mass is 362 g/mol. The summed E-state index contributed by atoms with van der Waals surface area (Å²) >= 11 is 3.22. The zero-order valence-electron chi connectivity index (χ0n) is 11.7. The summed E-state index contributed by atoms with van der Waals surface area (Å²) in [5, 5.41) is 2.77. The largest absolute Gasteiger partial charge is 0.354 e. The summed E-state index contributed by atoms with van der Waals surface area (Å²) in [4.78, 5) is 11.9. The third kappa shape index (κ3) is 4.88. The molecule has 7 heteroatoms. The van der Waals surface area contributed by atoms with Crippen molar-refractivity contribution in [2.75, 3.05) is 6.54 Å². The number of carbonyl (C=O) groups is 1. The predicted octanol–water partition coefficient (Wildman–Crippen LogP) is 1.81. The fourth-order valence-corrected chi connectivity index (χ4v) is 3.74. The molecule has 0 aliphatic rings. The van der Waals surface area contributed by atoms with E-state index in [-0.39, 0.29) is 23.3 Å². The van der Waals surface area contributed by atoms with Gasteiger partial charge in [0.05, 0.1) is 11.3 Å². The van der Waals surface area contributed by atoms with Crippen LogP contribution in [-0.2, 0) is 21.2 Å². The highest BCUT2D eigenvalue weighted by atomic mass is 79.9. The molecule has 0 aromatic heterocycles. The van der Waals surface area contributed by atoms with Crippen LogP contribution in [0.4, 0.5) is 0 Å². The van der Waals surface area contributed by atoms with Crippen molar-refractivity contribution in [3.63, 3.8) is 0 Å². The van der Waals surface area contributed by atoms with Gasteiger partial charge >= 0.3 is 0 Å². The number of rotatable bonds is 6. The van der Waals surface area contributed by atoms with E-state index in [4.69, 9.17) is 0 Å².